The quantitative estimate of drug-likeness (QED) is 0.150. The molecule has 0 N–H and O–H groups in total. The van der Waals surface area contributed by atoms with E-state index in [2.05, 4.69) is 479 Å². The monoisotopic (exact) mass is 1780 g/mol. The van der Waals surface area contributed by atoms with Gasteiger partial charge in [-0.2, -0.15) is 0 Å². The minimum absolute atomic E-state index is 0.663. The van der Waals surface area contributed by atoms with Crippen LogP contribution in [0.15, 0.2) is 461 Å². The molecule has 0 unspecified atom stereocenters. The van der Waals surface area contributed by atoms with E-state index < -0.39 is 0 Å². The Morgan fingerprint density at radius 3 is 1.06 bits per heavy atom. The smallest absolute Gasteiger partial charge is 0.235 e. The predicted molar refractivity (Wildman–Crippen MR) is 583 cm³/mol. The number of benzene rings is 22. The Bertz CT molecular complexity index is 10500. The van der Waals surface area contributed by atoms with E-state index in [0.29, 0.717) is 17.8 Å². The van der Waals surface area contributed by atoms with Gasteiger partial charge in [0, 0.05) is 97.1 Å². The SMILES string of the molecule is c1ccc(-n2c3ccccc3c3cc(-c4ccc5c(c4)c4ccccc4n5-c4nc(-c5ccc6ccccc6c5)c5ccccc5n4)ccc32)cc1.c1ccc2c(c1)-c1cccc3ccc4c(c13)c1c-2cccc1n4-c1nc(-c2ccc3ccccc3c2)c2ccccc2n1.c1ccc2cc(-c3nc(-n4c5ccccc5c5c6ccccc6c6c7ccccc7sc6c54)nc4ccccc34)ccc2c1. The van der Waals surface area contributed by atoms with Gasteiger partial charge in [-0.3, -0.25) is 13.7 Å². The maximum Gasteiger partial charge on any atom is 0.235 e. The minimum atomic E-state index is 0.663. The van der Waals surface area contributed by atoms with Crippen LogP contribution < -0.4 is 0 Å². The number of para-hydroxylation sites is 7. The molecule has 22 aromatic carbocycles. The van der Waals surface area contributed by atoms with Gasteiger partial charge in [-0.05, 0) is 196 Å². The lowest BCUT2D eigenvalue weighted by Crippen LogP contribution is -2.03. The number of hydrogen-bond donors (Lipinski definition) is 0. The Hall–Kier alpha value is -18.4. The highest BCUT2D eigenvalue weighted by molar-refractivity contribution is 7.27. The highest BCUT2D eigenvalue weighted by Gasteiger charge is 2.30. The summed E-state index contributed by atoms with van der Waals surface area (Å²) in [5, 5.41) is 27.8. The van der Waals surface area contributed by atoms with Crippen LogP contribution in [-0.2, 0) is 0 Å². The molecule has 1 aliphatic carbocycles. The molecule has 1 aliphatic rings. The van der Waals surface area contributed by atoms with Crippen molar-refractivity contribution < 1.29 is 0 Å². The molecular formula is C128H76N10S. The zero-order valence-electron chi connectivity index (χ0n) is 74.8. The number of aromatic nitrogens is 10. The molecule has 644 valence electrons. The summed E-state index contributed by atoms with van der Waals surface area (Å²) in [6.07, 6.45) is 0. The molecule has 30 aromatic rings. The van der Waals surface area contributed by atoms with Crippen molar-refractivity contribution in [2.24, 2.45) is 0 Å². The Labute approximate surface area is 799 Å². The van der Waals surface area contributed by atoms with Crippen LogP contribution in [-0.4, -0.2) is 48.2 Å². The summed E-state index contributed by atoms with van der Waals surface area (Å²) in [6.45, 7) is 0. The number of fused-ring (bicyclic) bond motifs is 25. The van der Waals surface area contributed by atoms with Crippen LogP contribution in [0, 0.1) is 0 Å². The molecule has 0 atom stereocenters. The van der Waals surface area contributed by atoms with E-state index in [1.807, 2.05) is 11.3 Å². The fourth-order valence-corrected chi connectivity index (χ4v) is 23.7. The first-order chi connectivity index (χ1) is 68.9. The lowest BCUT2D eigenvalue weighted by Gasteiger charge is -2.14. The molecule has 11 heteroatoms. The summed E-state index contributed by atoms with van der Waals surface area (Å²) in [7, 11) is 0. The average molecular weight is 1790 g/mol. The molecule has 0 bridgehead atoms. The van der Waals surface area contributed by atoms with Gasteiger partial charge in [0.15, 0.2) is 0 Å². The lowest BCUT2D eigenvalue weighted by atomic mass is 9.93. The van der Waals surface area contributed by atoms with Crippen LogP contribution in [0.1, 0.15) is 0 Å². The zero-order valence-corrected chi connectivity index (χ0v) is 75.6. The van der Waals surface area contributed by atoms with Crippen molar-refractivity contribution in [3.05, 3.63) is 461 Å². The molecule has 8 heterocycles. The van der Waals surface area contributed by atoms with Crippen molar-refractivity contribution in [1.29, 1.82) is 0 Å². The van der Waals surface area contributed by atoms with Crippen molar-refractivity contribution in [3.63, 3.8) is 0 Å². The molecule has 0 aliphatic heterocycles. The third-order valence-electron chi connectivity index (χ3n) is 28.6. The predicted octanol–water partition coefficient (Wildman–Crippen LogP) is 33.7. The maximum atomic E-state index is 5.42. The number of hydrogen-bond acceptors (Lipinski definition) is 7. The average Bonchev–Trinajstić information content (AvgIpc) is 1.54. The largest absolute Gasteiger partial charge is 0.309 e. The molecule has 0 amide bonds. The van der Waals surface area contributed by atoms with Crippen LogP contribution in [0.4, 0.5) is 0 Å². The maximum absolute atomic E-state index is 5.42. The summed E-state index contributed by atoms with van der Waals surface area (Å²) < 4.78 is 11.7. The normalized spacial score (nSPS) is 12.0. The molecule has 0 saturated carbocycles. The van der Waals surface area contributed by atoms with Crippen molar-refractivity contribution in [1.82, 2.24) is 48.2 Å². The molecule has 139 heavy (non-hydrogen) atoms. The van der Waals surface area contributed by atoms with Crippen LogP contribution in [0.2, 0.25) is 0 Å². The second-order valence-corrected chi connectivity index (χ2v) is 37.3. The molecule has 0 radical (unpaired) electrons. The van der Waals surface area contributed by atoms with Gasteiger partial charge >= 0.3 is 0 Å². The van der Waals surface area contributed by atoms with E-state index in [9.17, 15) is 0 Å². The van der Waals surface area contributed by atoms with Crippen molar-refractivity contribution >= 4 is 205 Å². The lowest BCUT2D eigenvalue weighted by molar-refractivity contribution is 1.01. The Kier molecular flexibility index (Phi) is 17.5. The van der Waals surface area contributed by atoms with Crippen molar-refractivity contribution in [3.8, 4) is 90.7 Å². The van der Waals surface area contributed by atoms with E-state index >= 15 is 0 Å². The number of nitrogens with zero attached hydrogens (tertiary/aromatic N) is 10. The molecule has 31 rings (SSSR count). The first kappa shape index (κ1) is 78.1. The van der Waals surface area contributed by atoms with E-state index in [-0.39, 0.29) is 0 Å². The second-order valence-electron chi connectivity index (χ2n) is 36.2. The van der Waals surface area contributed by atoms with Crippen LogP contribution in [0.3, 0.4) is 0 Å². The fourth-order valence-electron chi connectivity index (χ4n) is 22.4. The summed E-state index contributed by atoms with van der Waals surface area (Å²) in [4.78, 5) is 31.8. The molecule has 0 saturated heterocycles. The highest BCUT2D eigenvalue weighted by Crippen LogP contribution is 2.53. The standard InChI is InChI=1S/C48H30N4.C40H23N3S.C40H23N3/c1-2-14-36(15-3-1)51-43-20-10-7-16-37(43)40-29-33(24-26-45(40)51)34-25-27-46-41(30-34)38-17-8-11-21-44(38)52(46)48-49-42-19-9-6-18-39(42)47(50-48)35-23-22-31-12-4-5-13-32(31)28-35;1-2-12-25-23-26(22-21-24(25)11-1)37-29-15-5-8-18-32(29)41-40(42-37)43-33-19-9-6-16-30(33)35-27-13-3-4-14-28(27)36-31-17-7-10-20-34(31)44-39(36)38(35)43;1-2-10-26-23-27(20-19-24(26)9-1)39-32-14-5-6-17-33(32)41-40(42-39)43-34-18-8-16-31-29-13-4-3-12-28(29)30-15-7-11-25-21-22-35(43)38(36(25)30)37(31)34/h1-30H;1-23H;1-23H. The van der Waals surface area contributed by atoms with Gasteiger partial charge in [0.1, 0.15) is 0 Å². The first-order valence-corrected chi connectivity index (χ1v) is 48.0. The zero-order chi connectivity index (χ0) is 91.0. The van der Waals surface area contributed by atoms with Gasteiger partial charge in [0.05, 0.1) is 82.5 Å². The van der Waals surface area contributed by atoms with Crippen LogP contribution in [0.5, 0.6) is 0 Å². The number of rotatable bonds is 8. The van der Waals surface area contributed by atoms with E-state index in [0.717, 1.165) is 99.8 Å². The topological polar surface area (TPSA) is 97.1 Å². The van der Waals surface area contributed by atoms with Gasteiger partial charge in [-0.15, -0.1) is 11.3 Å². The van der Waals surface area contributed by atoms with Crippen molar-refractivity contribution in [2.75, 3.05) is 0 Å². The summed E-state index contributed by atoms with van der Waals surface area (Å²) in [5.41, 5.74) is 26.5. The fraction of sp³-hybridized carbons (Fsp3) is 0. The molecule has 10 nitrogen and oxygen atoms in total. The molecular weight excluding hydrogens is 1710 g/mol. The Morgan fingerprint density at radius 1 is 0.173 bits per heavy atom. The van der Waals surface area contributed by atoms with E-state index in [4.69, 9.17) is 29.9 Å². The van der Waals surface area contributed by atoms with Crippen LogP contribution >= 0.6 is 11.3 Å². The van der Waals surface area contributed by atoms with Gasteiger partial charge in [-0.1, -0.05) is 352 Å². The van der Waals surface area contributed by atoms with Gasteiger partial charge in [0.2, 0.25) is 17.8 Å². The summed E-state index contributed by atoms with van der Waals surface area (Å²) >= 11 is 1.86. The third kappa shape index (κ3) is 12.2. The van der Waals surface area contributed by atoms with E-state index in [1.165, 1.54) is 167 Å². The van der Waals surface area contributed by atoms with Crippen molar-refractivity contribution in [2.45, 2.75) is 0 Å². The summed E-state index contributed by atoms with van der Waals surface area (Å²) in [5.74, 6) is 2.03. The minimum Gasteiger partial charge on any atom is -0.309 e. The third-order valence-corrected chi connectivity index (χ3v) is 29.8. The molecule has 0 fully saturated rings. The van der Waals surface area contributed by atoms with Crippen LogP contribution in [0.25, 0.3) is 285 Å². The van der Waals surface area contributed by atoms with Gasteiger partial charge in [0.25, 0.3) is 0 Å². The Balaban J connectivity index is 0.000000101. The molecule has 8 aromatic heterocycles. The second kappa shape index (κ2) is 31.1. The van der Waals surface area contributed by atoms with Gasteiger partial charge in [-0.25, -0.2) is 29.9 Å². The van der Waals surface area contributed by atoms with Gasteiger partial charge < -0.3 is 4.57 Å². The van der Waals surface area contributed by atoms with E-state index in [1.54, 1.807) is 0 Å². The summed E-state index contributed by atoms with van der Waals surface area (Å²) in [6, 6.07) is 165. The Morgan fingerprint density at radius 2 is 0.518 bits per heavy atom. The molecule has 0 spiro atoms. The highest BCUT2D eigenvalue weighted by atomic mass is 32.1. The first-order valence-electron chi connectivity index (χ1n) is 47.2. The number of thiophene rings is 1.